The summed E-state index contributed by atoms with van der Waals surface area (Å²) in [6.45, 7) is 3.96. The van der Waals surface area contributed by atoms with Crippen LogP contribution in [0.4, 0.5) is 11.4 Å². The Bertz CT molecular complexity index is 901. The van der Waals surface area contributed by atoms with Gasteiger partial charge in [-0.25, -0.2) is 0 Å². The lowest BCUT2D eigenvalue weighted by Crippen LogP contribution is -2.44. The largest absolute Gasteiger partial charge is 0.367 e. The molecule has 7 heteroatoms. The van der Waals surface area contributed by atoms with Gasteiger partial charge in [0.1, 0.15) is 11.0 Å². The third-order valence-corrected chi connectivity index (χ3v) is 5.07. The highest BCUT2D eigenvalue weighted by molar-refractivity contribution is 7.00. The van der Waals surface area contributed by atoms with Crippen LogP contribution in [0.1, 0.15) is 10.4 Å². The Kier molecular flexibility index (Phi) is 4.33. The summed E-state index contributed by atoms with van der Waals surface area (Å²) in [7, 11) is 2.13. The molecule has 128 valence electrons. The van der Waals surface area contributed by atoms with Crippen LogP contribution in [0.3, 0.4) is 0 Å². The Morgan fingerprint density at radius 1 is 1.04 bits per heavy atom. The molecule has 1 aromatic heterocycles. The summed E-state index contributed by atoms with van der Waals surface area (Å²) in [5.74, 6) is -0.128. The average Bonchev–Trinajstić information content (AvgIpc) is 3.11. The molecule has 0 saturated carbocycles. The maximum atomic E-state index is 12.7. The summed E-state index contributed by atoms with van der Waals surface area (Å²) in [4.78, 5) is 17.3. The minimum atomic E-state index is -0.128. The van der Waals surface area contributed by atoms with E-state index in [1.165, 1.54) is 0 Å². The van der Waals surface area contributed by atoms with Crippen LogP contribution in [0.2, 0.25) is 0 Å². The Hall–Kier alpha value is -2.51. The van der Waals surface area contributed by atoms with Gasteiger partial charge in [-0.05, 0) is 37.4 Å². The number of hydrogen-bond acceptors (Lipinski definition) is 6. The molecule has 4 rings (SSSR count). The minimum absolute atomic E-state index is 0.128. The van der Waals surface area contributed by atoms with E-state index in [0.717, 1.165) is 60.3 Å². The molecule has 6 nitrogen and oxygen atoms in total. The highest BCUT2D eigenvalue weighted by Gasteiger charge is 2.18. The van der Waals surface area contributed by atoms with Crippen molar-refractivity contribution < 1.29 is 4.79 Å². The van der Waals surface area contributed by atoms with E-state index in [0.29, 0.717) is 5.56 Å². The maximum Gasteiger partial charge on any atom is 0.255 e. The highest BCUT2D eigenvalue weighted by atomic mass is 32.1. The summed E-state index contributed by atoms with van der Waals surface area (Å²) in [5.41, 5.74) is 4.08. The molecule has 0 radical (unpaired) electrons. The number of amides is 1. The van der Waals surface area contributed by atoms with Crippen LogP contribution in [-0.4, -0.2) is 52.8 Å². The van der Waals surface area contributed by atoms with Crippen molar-refractivity contribution in [2.75, 3.05) is 43.4 Å². The van der Waals surface area contributed by atoms with Gasteiger partial charge in [-0.15, -0.1) is 0 Å². The number of benzene rings is 2. The van der Waals surface area contributed by atoms with Crippen LogP contribution in [0.5, 0.6) is 0 Å². The highest BCUT2D eigenvalue weighted by Crippen LogP contribution is 2.27. The SMILES string of the molecule is CN1CCN(c2ccccc2NC(=O)c2ccc3nsnc3c2)CC1. The molecule has 1 aliphatic rings. The van der Waals surface area contributed by atoms with Crippen LogP contribution in [0, 0.1) is 0 Å². The Labute approximate surface area is 150 Å². The lowest BCUT2D eigenvalue weighted by molar-refractivity contribution is 0.102. The van der Waals surface area contributed by atoms with E-state index in [9.17, 15) is 4.79 Å². The van der Waals surface area contributed by atoms with Gasteiger partial charge in [0.15, 0.2) is 0 Å². The van der Waals surface area contributed by atoms with E-state index in [1.54, 1.807) is 12.1 Å². The number of hydrogen-bond donors (Lipinski definition) is 1. The molecular formula is C18H19N5OS. The lowest BCUT2D eigenvalue weighted by atomic mass is 10.1. The van der Waals surface area contributed by atoms with Crippen molar-refractivity contribution in [1.82, 2.24) is 13.6 Å². The van der Waals surface area contributed by atoms with E-state index in [4.69, 9.17) is 0 Å². The van der Waals surface area contributed by atoms with Gasteiger partial charge in [-0.3, -0.25) is 4.79 Å². The van der Waals surface area contributed by atoms with Gasteiger partial charge in [0, 0.05) is 31.7 Å². The van der Waals surface area contributed by atoms with E-state index < -0.39 is 0 Å². The molecular weight excluding hydrogens is 334 g/mol. The number of aromatic nitrogens is 2. The van der Waals surface area contributed by atoms with Crippen molar-refractivity contribution in [3.63, 3.8) is 0 Å². The zero-order valence-corrected chi connectivity index (χ0v) is 14.8. The molecule has 1 saturated heterocycles. The summed E-state index contributed by atoms with van der Waals surface area (Å²) in [6.07, 6.45) is 0. The number of nitrogens with one attached hydrogen (secondary N) is 1. The molecule has 0 bridgehead atoms. The Morgan fingerprint density at radius 3 is 2.64 bits per heavy atom. The van der Waals surface area contributed by atoms with Crippen molar-refractivity contribution in [2.24, 2.45) is 0 Å². The lowest BCUT2D eigenvalue weighted by Gasteiger charge is -2.35. The molecule has 1 N–H and O–H groups in total. The molecule has 1 aliphatic heterocycles. The van der Waals surface area contributed by atoms with Gasteiger partial charge in [0.2, 0.25) is 0 Å². The number of anilines is 2. The molecule has 3 aromatic rings. The second-order valence-electron chi connectivity index (χ2n) is 6.23. The topological polar surface area (TPSA) is 61.4 Å². The van der Waals surface area contributed by atoms with Crippen molar-refractivity contribution in [1.29, 1.82) is 0 Å². The number of likely N-dealkylation sites (N-methyl/N-ethyl adjacent to an activating group) is 1. The predicted octanol–water partition coefficient (Wildman–Crippen LogP) is 2.70. The van der Waals surface area contributed by atoms with Gasteiger partial charge in [-0.2, -0.15) is 8.75 Å². The second kappa shape index (κ2) is 6.78. The molecule has 1 fully saturated rings. The van der Waals surface area contributed by atoms with E-state index in [-0.39, 0.29) is 5.91 Å². The molecule has 0 atom stereocenters. The van der Waals surface area contributed by atoms with E-state index in [1.807, 2.05) is 24.3 Å². The third kappa shape index (κ3) is 3.33. The second-order valence-corrected chi connectivity index (χ2v) is 6.76. The first-order chi connectivity index (χ1) is 12.2. The molecule has 0 aliphatic carbocycles. The Morgan fingerprint density at radius 2 is 1.80 bits per heavy atom. The fourth-order valence-corrected chi connectivity index (χ4v) is 3.54. The van der Waals surface area contributed by atoms with Crippen LogP contribution in [0.25, 0.3) is 11.0 Å². The normalized spacial score (nSPS) is 15.5. The standard InChI is InChI=1S/C18H19N5OS/c1-22-8-10-23(11-9-22)17-5-3-2-4-15(17)19-18(24)13-6-7-14-16(12-13)21-25-20-14/h2-7,12H,8-11H2,1H3,(H,19,24). The number of piperazine rings is 1. The first-order valence-electron chi connectivity index (χ1n) is 8.27. The number of para-hydroxylation sites is 2. The molecule has 0 unspecified atom stereocenters. The monoisotopic (exact) mass is 353 g/mol. The minimum Gasteiger partial charge on any atom is -0.367 e. The van der Waals surface area contributed by atoms with E-state index >= 15 is 0 Å². The summed E-state index contributed by atoms with van der Waals surface area (Å²) >= 11 is 1.16. The summed E-state index contributed by atoms with van der Waals surface area (Å²) in [5, 5.41) is 3.05. The van der Waals surface area contributed by atoms with Crippen LogP contribution in [0.15, 0.2) is 42.5 Å². The summed E-state index contributed by atoms with van der Waals surface area (Å²) < 4.78 is 8.38. The van der Waals surface area contributed by atoms with Crippen LogP contribution < -0.4 is 10.2 Å². The number of carbonyl (C=O) groups is 1. The van der Waals surface area contributed by atoms with Crippen molar-refractivity contribution >= 4 is 40.0 Å². The molecule has 0 spiro atoms. The van der Waals surface area contributed by atoms with Gasteiger partial charge in [0.05, 0.1) is 23.1 Å². The van der Waals surface area contributed by atoms with Gasteiger partial charge >= 0.3 is 0 Å². The van der Waals surface area contributed by atoms with E-state index in [2.05, 4.69) is 37.0 Å². The third-order valence-electron chi connectivity index (χ3n) is 4.51. The number of fused-ring (bicyclic) bond motifs is 1. The zero-order chi connectivity index (χ0) is 17.2. The first-order valence-corrected chi connectivity index (χ1v) is 9.00. The van der Waals surface area contributed by atoms with Gasteiger partial charge in [-0.1, -0.05) is 12.1 Å². The predicted molar refractivity (Wildman–Crippen MR) is 102 cm³/mol. The van der Waals surface area contributed by atoms with Crippen LogP contribution >= 0.6 is 11.7 Å². The first kappa shape index (κ1) is 16.0. The van der Waals surface area contributed by atoms with Crippen molar-refractivity contribution in [3.8, 4) is 0 Å². The fraction of sp³-hybridized carbons (Fsp3) is 0.278. The van der Waals surface area contributed by atoms with Gasteiger partial charge in [0.25, 0.3) is 5.91 Å². The zero-order valence-electron chi connectivity index (χ0n) is 14.0. The average molecular weight is 353 g/mol. The maximum absolute atomic E-state index is 12.7. The Balaban J connectivity index is 1.56. The van der Waals surface area contributed by atoms with Crippen LogP contribution in [-0.2, 0) is 0 Å². The van der Waals surface area contributed by atoms with Gasteiger partial charge < -0.3 is 15.1 Å². The summed E-state index contributed by atoms with van der Waals surface area (Å²) in [6, 6.07) is 13.4. The molecule has 2 aromatic carbocycles. The fourth-order valence-electron chi connectivity index (χ4n) is 3.02. The number of nitrogens with zero attached hydrogens (tertiary/aromatic N) is 4. The molecule has 2 heterocycles. The van der Waals surface area contributed by atoms with Crippen molar-refractivity contribution in [2.45, 2.75) is 0 Å². The number of carbonyl (C=O) groups excluding carboxylic acids is 1. The molecule has 25 heavy (non-hydrogen) atoms. The molecule has 1 amide bonds. The van der Waals surface area contributed by atoms with Crippen molar-refractivity contribution in [3.05, 3.63) is 48.0 Å². The smallest absolute Gasteiger partial charge is 0.255 e. The number of rotatable bonds is 3. The quantitative estimate of drug-likeness (QED) is 0.784.